The largest absolute Gasteiger partial charge is 0.380 e. The Hall–Kier alpha value is -0.860. The molecule has 0 bridgehead atoms. The van der Waals surface area contributed by atoms with Crippen LogP contribution in [0, 0.1) is 0 Å². The van der Waals surface area contributed by atoms with Crippen LogP contribution in [0.3, 0.4) is 0 Å². The number of nitrogens with one attached hydrogen (secondary N) is 2. The Balaban J connectivity index is 0.00000338. The van der Waals surface area contributed by atoms with Gasteiger partial charge in [-0.3, -0.25) is 9.89 Å². The molecule has 26 heavy (non-hydrogen) atoms. The van der Waals surface area contributed by atoms with Crippen LogP contribution < -0.4 is 10.6 Å². The second kappa shape index (κ2) is 14.2. The van der Waals surface area contributed by atoms with Crippen LogP contribution in [0.4, 0.5) is 0 Å². The SMILES string of the molecule is CCOCCNC(=NC)NCc1cccc(CN2CCCCCC2)c1.I. The minimum absolute atomic E-state index is 0. The quantitative estimate of drug-likeness (QED) is 0.263. The van der Waals surface area contributed by atoms with Gasteiger partial charge in [-0.05, 0) is 44.0 Å². The molecule has 0 aliphatic carbocycles. The normalized spacial score (nSPS) is 15.8. The molecule has 1 aromatic rings. The molecule has 1 heterocycles. The Morgan fingerprint density at radius 3 is 2.54 bits per heavy atom. The third-order valence-electron chi connectivity index (χ3n) is 4.52. The van der Waals surface area contributed by atoms with E-state index in [9.17, 15) is 0 Å². The van der Waals surface area contributed by atoms with E-state index in [0.29, 0.717) is 6.61 Å². The summed E-state index contributed by atoms with van der Waals surface area (Å²) >= 11 is 0. The monoisotopic (exact) mass is 474 g/mol. The highest BCUT2D eigenvalue weighted by atomic mass is 127. The summed E-state index contributed by atoms with van der Waals surface area (Å²) in [6.07, 6.45) is 5.45. The van der Waals surface area contributed by atoms with Gasteiger partial charge in [0.25, 0.3) is 0 Å². The van der Waals surface area contributed by atoms with Crippen molar-refractivity contribution in [3.63, 3.8) is 0 Å². The second-order valence-corrected chi connectivity index (χ2v) is 6.56. The van der Waals surface area contributed by atoms with Crippen molar-refractivity contribution in [1.29, 1.82) is 0 Å². The van der Waals surface area contributed by atoms with Gasteiger partial charge in [0.05, 0.1) is 6.61 Å². The Morgan fingerprint density at radius 1 is 1.12 bits per heavy atom. The van der Waals surface area contributed by atoms with Gasteiger partial charge in [-0.2, -0.15) is 0 Å². The molecule has 6 heteroatoms. The molecule has 0 aromatic heterocycles. The van der Waals surface area contributed by atoms with E-state index in [1.807, 2.05) is 6.92 Å². The average molecular weight is 474 g/mol. The summed E-state index contributed by atoms with van der Waals surface area (Å²) in [5.41, 5.74) is 2.69. The molecule has 5 nitrogen and oxygen atoms in total. The summed E-state index contributed by atoms with van der Waals surface area (Å²) in [4.78, 5) is 6.85. The number of halogens is 1. The highest BCUT2D eigenvalue weighted by Gasteiger charge is 2.09. The number of rotatable bonds is 8. The molecule has 1 aromatic carbocycles. The first-order valence-electron chi connectivity index (χ1n) is 9.64. The Bertz CT molecular complexity index is 516. The zero-order chi connectivity index (χ0) is 17.7. The average Bonchev–Trinajstić information content (AvgIpc) is 2.90. The minimum atomic E-state index is 0. The van der Waals surface area contributed by atoms with Crippen LogP contribution >= 0.6 is 24.0 Å². The first-order valence-corrected chi connectivity index (χ1v) is 9.64. The number of ether oxygens (including phenoxy) is 1. The summed E-state index contributed by atoms with van der Waals surface area (Å²) in [5.74, 6) is 0.817. The maximum atomic E-state index is 5.34. The number of likely N-dealkylation sites (tertiary alicyclic amines) is 1. The van der Waals surface area contributed by atoms with Gasteiger partial charge >= 0.3 is 0 Å². The van der Waals surface area contributed by atoms with Gasteiger partial charge in [-0.1, -0.05) is 37.1 Å². The molecule has 0 amide bonds. The van der Waals surface area contributed by atoms with E-state index < -0.39 is 0 Å². The van der Waals surface area contributed by atoms with Crippen LogP contribution in [0.15, 0.2) is 29.3 Å². The molecule has 1 aliphatic heterocycles. The molecular weight excluding hydrogens is 439 g/mol. The van der Waals surface area contributed by atoms with Gasteiger partial charge in [-0.25, -0.2) is 0 Å². The lowest BCUT2D eigenvalue weighted by Gasteiger charge is -2.20. The summed E-state index contributed by atoms with van der Waals surface area (Å²) in [6.45, 7) is 8.53. The smallest absolute Gasteiger partial charge is 0.191 e. The lowest BCUT2D eigenvalue weighted by molar-refractivity contribution is 0.152. The van der Waals surface area contributed by atoms with E-state index in [-0.39, 0.29) is 24.0 Å². The van der Waals surface area contributed by atoms with Gasteiger partial charge < -0.3 is 15.4 Å². The van der Waals surface area contributed by atoms with Crippen LogP contribution in [-0.4, -0.2) is 50.8 Å². The number of hydrogen-bond acceptors (Lipinski definition) is 3. The molecular formula is C20H35IN4O. The van der Waals surface area contributed by atoms with Crippen molar-refractivity contribution < 1.29 is 4.74 Å². The van der Waals surface area contributed by atoms with Crippen LogP contribution in [0.25, 0.3) is 0 Å². The van der Waals surface area contributed by atoms with E-state index in [0.717, 1.165) is 32.2 Å². The van der Waals surface area contributed by atoms with Crippen molar-refractivity contribution in [3.8, 4) is 0 Å². The molecule has 0 radical (unpaired) electrons. The third-order valence-corrected chi connectivity index (χ3v) is 4.52. The van der Waals surface area contributed by atoms with Crippen LogP contribution in [0.5, 0.6) is 0 Å². The standard InChI is InChI=1S/C20H34N4O.HI/c1-3-25-14-11-22-20(21-2)23-16-18-9-8-10-19(15-18)17-24-12-6-4-5-7-13-24;/h8-10,15H,3-7,11-14,16-17H2,1-2H3,(H2,21,22,23);1H. The highest BCUT2D eigenvalue weighted by molar-refractivity contribution is 14.0. The van der Waals surface area contributed by atoms with Gasteiger partial charge in [0.15, 0.2) is 5.96 Å². The molecule has 0 atom stereocenters. The van der Waals surface area contributed by atoms with Crippen LogP contribution in [0.2, 0.25) is 0 Å². The lowest BCUT2D eigenvalue weighted by Crippen LogP contribution is -2.38. The predicted octanol–water partition coefficient (Wildman–Crippen LogP) is 3.38. The van der Waals surface area contributed by atoms with E-state index in [1.54, 1.807) is 7.05 Å². The molecule has 1 fully saturated rings. The fourth-order valence-corrected chi connectivity index (χ4v) is 3.18. The van der Waals surface area contributed by atoms with Crippen LogP contribution in [-0.2, 0) is 17.8 Å². The van der Waals surface area contributed by atoms with Gasteiger partial charge in [0.2, 0.25) is 0 Å². The maximum absolute atomic E-state index is 5.34. The van der Waals surface area contributed by atoms with E-state index in [4.69, 9.17) is 4.74 Å². The maximum Gasteiger partial charge on any atom is 0.191 e. The number of hydrogen-bond donors (Lipinski definition) is 2. The van der Waals surface area contributed by atoms with Gasteiger partial charge in [-0.15, -0.1) is 24.0 Å². The lowest BCUT2D eigenvalue weighted by atomic mass is 10.1. The molecule has 0 saturated carbocycles. The van der Waals surface area contributed by atoms with Gasteiger partial charge in [0, 0.05) is 33.3 Å². The summed E-state index contributed by atoms with van der Waals surface area (Å²) in [6, 6.07) is 8.89. The first-order chi connectivity index (χ1) is 12.3. The number of aliphatic imine (C=N–C) groups is 1. The number of nitrogens with zero attached hydrogens (tertiary/aromatic N) is 2. The van der Waals surface area contributed by atoms with Crippen LogP contribution in [0.1, 0.15) is 43.7 Å². The number of benzene rings is 1. The molecule has 0 spiro atoms. The van der Waals surface area contributed by atoms with E-state index in [2.05, 4.69) is 44.8 Å². The topological polar surface area (TPSA) is 48.9 Å². The van der Waals surface area contributed by atoms with Crippen molar-refractivity contribution in [2.75, 3.05) is 39.9 Å². The van der Waals surface area contributed by atoms with Crippen molar-refractivity contribution in [2.45, 2.75) is 45.7 Å². The third kappa shape index (κ3) is 9.19. The molecule has 2 rings (SSSR count). The fourth-order valence-electron chi connectivity index (χ4n) is 3.18. The first kappa shape index (κ1) is 23.2. The van der Waals surface area contributed by atoms with Crippen molar-refractivity contribution in [3.05, 3.63) is 35.4 Å². The second-order valence-electron chi connectivity index (χ2n) is 6.56. The Kier molecular flexibility index (Phi) is 12.7. The van der Waals surface area contributed by atoms with Gasteiger partial charge in [0.1, 0.15) is 0 Å². The Morgan fingerprint density at radius 2 is 1.85 bits per heavy atom. The fraction of sp³-hybridized carbons (Fsp3) is 0.650. The minimum Gasteiger partial charge on any atom is -0.380 e. The molecule has 1 aliphatic rings. The zero-order valence-electron chi connectivity index (χ0n) is 16.3. The summed E-state index contributed by atoms with van der Waals surface area (Å²) in [5, 5.41) is 6.64. The summed E-state index contributed by atoms with van der Waals surface area (Å²) < 4.78 is 5.34. The molecule has 2 N–H and O–H groups in total. The zero-order valence-corrected chi connectivity index (χ0v) is 18.6. The molecule has 148 valence electrons. The van der Waals surface area contributed by atoms with Crippen molar-refractivity contribution in [1.82, 2.24) is 15.5 Å². The van der Waals surface area contributed by atoms with E-state index >= 15 is 0 Å². The number of guanidine groups is 1. The summed E-state index contributed by atoms with van der Waals surface area (Å²) in [7, 11) is 1.80. The van der Waals surface area contributed by atoms with Crippen molar-refractivity contribution in [2.24, 2.45) is 4.99 Å². The molecule has 0 unspecified atom stereocenters. The van der Waals surface area contributed by atoms with Crippen molar-refractivity contribution >= 4 is 29.9 Å². The predicted molar refractivity (Wildman–Crippen MR) is 120 cm³/mol. The van der Waals surface area contributed by atoms with E-state index in [1.165, 1.54) is 49.9 Å². The Labute approximate surface area is 176 Å². The molecule has 1 saturated heterocycles. The highest BCUT2D eigenvalue weighted by Crippen LogP contribution is 2.14.